The third-order valence-corrected chi connectivity index (χ3v) is 7.61. The molecule has 1 saturated heterocycles. The highest BCUT2D eigenvalue weighted by molar-refractivity contribution is 6.05. The lowest BCUT2D eigenvalue weighted by Gasteiger charge is -2.29. The van der Waals surface area contributed by atoms with E-state index in [1.165, 1.54) is 24.8 Å². The van der Waals surface area contributed by atoms with E-state index < -0.39 is 0 Å². The Labute approximate surface area is 216 Å². The minimum absolute atomic E-state index is 0.00125. The first kappa shape index (κ1) is 26.4. The van der Waals surface area contributed by atoms with Crippen molar-refractivity contribution in [3.63, 3.8) is 0 Å². The minimum Gasteiger partial charge on any atom is -0.348 e. The molecule has 2 atom stereocenters. The van der Waals surface area contributed by atoms with Crippen LogP contribution in [0, 0.1) is 0 Å². The summed E-state index contributed by atoms with van der Waals surface area (Å²) >= 11 is 0. The number of carbonyl (C=O) groups is 2. The summed E-state index contributed by atoms with van der Waals surface area (Å²) in [6.45, 7) is 9.35. The first-order valence-electron chi connectivity index (χ1n) is 13.5. The van der Waals surface area contributed by atoms with Gasteiger partial charge in [-0.1, -0.05) is 58.2 Å². The Morgan fingerprint density at radius 1 is 0.889 bits per heavy atom. The maximum Gasteiger partial charge on any atom is 0.255 e. The van der Waals surface area contributed by atoms with Crippen molar-refractivity contribution in [1.29, 1.82) is 0 Å². The molecule has 2 unspecified atom stereocenters. The second-order valence-electron chi connectivity index (χ2n) is 11.5. The standard InChI is InChI=1S/C30H42N4O2/c1-30(2,3)24-15-13-21(14-16-24)28(35)33-27-19-22(29(36)32-26-10-6-5-9-25(26)31)11-12-23(27)20-34-17-7-4-8-18-34/h11-16,19,25-26H,4-10,17-18,20,31H2,1-3H3,(H,32,36)(H,33,35). The van der Waals surface area contributed by atoms with E-state index >= 15 is 0 Å². The molecule has 2 amide bonds. The number of nitrogens with one attached hydrogen (secondary N) is 2. The third kappa shape index (κ3) is 6.74. The van der Waals surface area contributed by atoms with E-state index in [0.717, 1.165) is 50.9 Å². The Bertz CT molecular complexity index is 1050. The number of hydrogen-bond donors (Lipinski definition) is 3. The van der Waals surface area contributed by atoms with Crippen LogP contribution < -0.4 is 16.4 Å². The van der Waals surface area contributed by atoms with Crippen molar-refractivity contribution in [3.05, 3.63) is 64.7 Å². The van der Waals surface area contributed by atoms with E-state index in [-0.39, 0.29) is 29.3 Å². The Balaban J connectivity index is 1.55. The number of hydrogen-bond acceptors (Lipinski definition) is 4. The third-order valence-electron chi connectivity index (χ3n) is 7.61. The van der Waals surface area contributed by atoms with Crippen molar-refractivity contribution in [2.24, 2.45) is 5.73 Å². The Hall–Kier alpha value is -2.70. The van der Waals surface area contributed by atoms with Crippen molar-refractivity contribution in [2.45, 2.75) is 89.8 Å². The van der Waals surface area contributed by atoms with E-state index in [4.69, 9.17) is 5.73 Å². The maximum absolute atomic E-state index is 13.2. The highest BCUT2D eigenvalue weighted by Crippen LogP contribution is 2.25. The molecule has 0 radical (unpaired) electrons. The van der Waals surface area contributed by atoms with Crippen molar-refractivity contribution in [3.8, 4) is 0 Å². The van der Waals surface area contributed by atoms with Gasteiger partial charge in [0.25, 0.3) is 11.8 Å². The molecule has 1 aliphatic carbocycles. The van der Waals surface area contributed by atoms with Gasteiger partial charge in [0.05, 0.1) is 0 Å². The largest absolute Gasteiger partial charge is 0.348 e. The van der Waals surface area contributed by atoms with Crippen molar-refractivity contribution in [1.82, 2.24) is 10.2 Å². The molecule has 2 aromatic rings. The smallest absolute Gasteiger partial charge is 0.255 e. The predicted molar refractivity (Wildman–Crippen MR) is 146 cm³/mol. The molecule has 2 aromatic carbocycles. The van der Waals surface area contributed by atoms with Gasteiger partial charge in [0, 0.05) is 35.4 Å². The van der Waals surface area contributed by atoms with Crippen LogP contribution in [0.4, 0.5) is 5.69 Å². The topological polar surface area (TPSA) is 87.5 Å². The summed E-state index contributed by atoms with van der Waals surface area (Å²) in [7, 11) is 0. The lowest BCUT2D eigenvalue weighted by molar-refractivity contribution is 0.0920. The van der Waals surface area contributed by atoms with Crippen molar-refractivity contribution in [2.75, 3.05) is 18.4 Å². The molecule has 0 aromatic heterocycles. The van der Waals surface area contributed by atoms with Crippen LogP contribution in [0.25, 0.3) is 0 Å². The molecule has 0 bridgehead atoms. The monoisotopic (exact) mass is 490 g/mol. The number of amides is 2. The van der Waals surface area contributed by atoms with Crippen LogP contribution in [0.2, 0.25) is 0 Å². The number of rotatable bonds is 6. The zero-order valence-corrected chi connectivity index (χ0v) is 22.1. The zero-order valence-electron chi connectivity index (χ0n) is 22.1. The molecule has 1 heterocycles. The van der Waals surface area contributed by atoms with Gasteiger partial charge < -0.3 is 16.4 Å². The molecule has 0 spiro atoms. The van der Waals surface area contributed by atoms with Gasteiger partial charge >= 0.3 is 0 Å². The quantitative estimate of drug-likeness (QED) is 0.518. The first-order chi connectivity index (χ1) is 17.2. The van der Waals surface area contributed by atoms with Crippen molar-refractivity contribution >= 4 is 17.5 Å². The molecule has 6 heteroatoms. The minimum atomic E-state index is -0.165. The van der Waals surface area contributed by atoms with Gasteiger partial charge in [0.1, 0.15) is 0 Å². The van der Waals surface area contributed by atoms with Gasteiger partial charge in [-0.15, -0.1) is 0 Å². The second-order valence-corrected chi connectivity index (χ2v) is 11.5. The number of piperidine rings is 1. The van der Waals surface area contributed by atoms with Gasteiger partial charge in [-0.05, 0) is 79.6 Å². The fourth-order valence-corrected chi connectivity index (χ4v) is 5.24. The molecule has 4 rings (SSSR count). The lowest BCUT2D eigenvalue weighted by atomic mass is 9.86. The van der Waals surface area contributed by atoms with Crippen LogP contribution in [0.1, 0.15) is 97.6 Å². The fourth-order valence-electron chi connectivity index (χ4n) is 5.24. The average molecular weight is 491 g/mol. The molecule has 194 valence electrons. The van der Waals surface area contributed by atoms with E-state index in [2.05, 4.69) is 36.3 Å². The van der Waals surface area contributed by atoms with Gasteiger partial charge in [-0.25, -0.2) is 0 Å². The van der Waals surface area contributed by atoms with Crippen LogP contribution in [0.15, 0.2) is 42.5 Å². The van der Waals surface area contributed by atoms with Crippen molar-refractivity contribution < 1.29 is 9.59 Å². The van der Waals surface area contributed by atoms with Gasteiger partial charge in [0.2, 0.25) is 0 Å². The fraction of sp³-hybridized carbons (Fsp3) is 0.533. The molecular weight excluding hydrogens is 448 g/mol. The number of nitrogens with zero attached hydrogens (tertiary/aromatic N) is 1. The lowest BCUT2D eigenvalue weighted by Crippen LogP contribution is -2.49. The van der Waals surface area contributed by atoms with Crippen LogP contribution in [0.3, 0.4) is 0 Å². The van der Waals surface area contributed by atoms with E-state index in [1.54, 1.807) is 0 Å². The van der Waals surface area contributed by atoms with E-state index in [0.29, 0.717) is 16.8 Å². The first-order valence-corrected chi connectivity index (χ1v) is 13.5. The Morgan fingerprint density at radius 3 is 2.22 bits per heavy atom. The summed E-state index contributed by atoms with van der Waals surface area (Å²) in [5, 5.41) is 6.24. The number of carbonyl (C=O) groups excluding carboxylic acids is 2. The normalized spacial score (nSPS) is 21.1. The number of nitrogens with two attached hydrogens (primary N) is 1. The molecule has 2 fully saturated rings. The van der Waals surface area contributed by atoms with E-state index in [1.807, 2.05) is 42.5 Å². The second kappa shape index (κ2) is 11.6. The maximum atomic E-state index is 13.2. The predicted octanol–water partition coefficient (Wildman–Crippen LogP) is 5.22. The number of anilines is 1. The molecule has 6 nitrogen and oxygen atoms in total. The van der Waals surface area contributed by atoms with Crippen LogP contribution >= 0.6 is 0 Å². The van der Waals surface area contributed by atoms with Gasteiger partial charge in [0.15, 0.2) is 0 Å². The Morgan fingerprint density at radius 2 is 1.56 bits per heavy atom. The average Bonchev–Trinajstić information content (AvgIpc) is 2.86. The summed E-state index contributed by atoms with van der Waals surface area (Å²) in [5.74, 6) is -0.297. The van der Waals surface area contributed by atoms with E-state index in [9.17, 15) is 9.59 Å². The van der Waals surface area contributed by atoms with Gasteiger partial charge in [-0.2, -0.15) is 0 Å². The highest BCUT2D eigenvalue weighted by Gasteiger charge is 2.24. The van der Waals surface area contributed by atoms with Crippen LogP contribution in [-0.2, 0) is 12.0 Å². The number of likely N-dealkylation sites (tertiary alicyclic amines) is 1. The van der Waals surface area contributed by atoms with Crippen LogP contribution in [0.5, 0.6) is 0 Å². The summed E-state index contributed by atoms with van der Waals surface area (Å²) in [6.07, 6.45) is 7.72. The summed E-state index contributed by atoms with van der Waals surface area (Å²) in [5.41, 5.74) is 10.4. The molecule has 4 N–H and O–H groups in total. The molecule has 1 saturated carbocycles. The number of benzene rings is 2. The molecule has 2 aliphatic rings. The highest BCUT2D eigenvalue weighted by atomic mass is 16.2. The van der Waals surface area contributed by atoms with Gasteiger partial charge in [-0.3, -0.25) is 14.5 Å². The molecule has 36 heavy (non-hydrogen) atoms. The molecular formula is C30H42N4O2. The summed E-state index contributed by atoms with van der Waals surface area (Å²) in [4.78, 5) is 28.8. The SMILES string of the molecule is CC(C)(C)c1ccc(C(=O)Nc2cc(C(=O)NC3CCCCC3N)ccc2CN2CCCCC2)cc1. The summed E-state index contributed by atoms with van der Waals surface area (Å²) in [6, 6.07) is 13.5. The van der Waals surface area contributed by atoms with Crippen LogP contribution in [-0.4, -0.2) is 41.9 Å². The summed E-state index contributed by atoms with van der Waals surface area (Å²) < 4.78 is 0. The zero-order chi connectivity index (χ0) is 25.7. The molecule has 1 aliphatic heterocycles. The Kier molecular flexibility index (Phi) is 8.47.